The van der Waals surface area contributed by atoms with Crippen molar-refractivity contribution >= 4 is 5.91 Å². The molecule has 4 atom stereocenters. The van der Waals surface area contributed by atoms with Gasteiger partial charge in [0.1, 0.15) is 12.2 Å². The first-order valence-electron chi connectivity index (χ1n) is 6.62. The van der Waals surface area contributed by atoms with Crippen molar-refractivity contribution in [3.05, 3.63) is 35.9 Å². The van der Waals surface area contributed by atoms with Gasteiger partial charge >= 0.3 is 0 Å². The molecule has 110 valence electrons. The summed E-state index contributed by atoms with van der Waals surface area (Å²) in [4.78, 5) is 12.0. The van der Waals surface area contributed by atoms with Gasteiger partial charge in [-0.1, -0.05) is 30.3 Å². The maximum Gasteiger partial charge on any atom is 0.237 e. The third-order valence-electron chi connectivity index (χ3n) is 3.42. The number of aliphatic hydroxyl groups excluding tert-OH is 2. The Kier molecular flexibility index (Phi) is 5.08. The van der Waals surface area contributed by atoms with Crippen LogP contribution in [0.3, 0.4) is 0 Å². The molecule has 0 radical (unpaired) electrons. The Labute approximate surface area is 117 Å². The molecule has 6 nitrogen and oxygen atoms in total. The second-order valence-electron chi connectivity index (χ2n) is 4.95. The molecule has 0 aromatic heterocycles. The zero-order valence-electron chi connectivity index (χ0n) is 11.1. The molecule has 5 N–H and O–H groups in total. The summed E-state index contributed by atoms with van der Waals surface area (Å²) in [6.45, 7) is -0.153. The number of ether oxygens (including phenoxy) is 1. The Morgan fingerprint density at radius 1 is 1.45 bits per heavy atom. The molecule has 0 saturated carbocycles. The van der Waals surface area contributed by atoms with Crippen LogP contribution in [0.2, 0.25) is 0 Å². The lowest BCUT2D eigenvalue weighted by atomic mass is 10.0. The van der Waals surface area contributed by atoms with E-state index >= 15 is 0 Å². The highest BCUT2D eigenvalue weighted by atomic mass is 16.5. The van der Waals surface area contributed by atoms with Crippen molar-refractivity contribution in [2.45, 2.75) is 30.7 Å². The Hall–Kier alpha value is -1.47. The topological polar surface area (TPSA) is 105 Å². The van der Waals surface area contributed by atoms with Crippen LogP contribution in [0, 0.1) is 0 Å². The van der Waals surface area contributed by atoms with Gasteiger partial charge in [0.25, 0.3) is 0 Å². The number of nitrogens with one attached hydrogen (secondary N) is 1. The summed E-state index contributed by atoms with van der Waals surface area (Å²) in [6.07, 6.45) is -0.988. The average Bonchev–Trinajstić information content (AvgIpc) is 2.80. The summed E-state index contributed by atoms with van der Waals surface area (Å²) in [6, 6.07) is 8.15. The molecule has 0 spiro atoms. The first-order valence-corrected chi connectivity index (χ1v) is 6.62. The van der Waals surface area contributed by atoms with Crippen LogP contribution in [0.4, 0.5) is 0 Å². The summed E-state index contributed by atoms with van der Waals surface area (Å²) in [7, 11) is 0. The smallest absolute Gasteiger partial charge is 0.237 e. The molecule has 6 heteroatoms. The van der Waals surface area contributed by atoms with Gasteiger partial charge in [-0.3, -0.25) is 4.79 Å². The minimum Gasteiger partial charge on any atom is -0.394 e. The Morgan fingerprint density at radius 3 is 2.80 bits per heavy atom. The van der Waals surface area contributed by atoms with Crippen molar-refractivity contribution in [3.63, 3.8) is 0 Å². The lowest BCUT2D eigenvalue weighted by molar-refractivity contribution is -0.124. The fourth-order valence-electron chi connectivity index (χ4n) is 2.26. The molecule has 1 aliphatic rings. The first kappa shape index (κ1) is 14.9. The van der Waals surface area contributed by atoms with E-state index in [0.29, 0.717) is 6.42 Å². The fraction of sp³-hybridized carbons (Fsp3) is 0.500. The Bertz CT molecular complexity index is 440. The highest BCUT2D eigenvalue weighted by Crippen LogP contribution is 2.14. The Balaban J connectivity index is 1.90. The number of hydrogen-bond donors (Lipinski definition) is 4. The molecule has 1 heterocycles. The number of benzene rings is 1. The molecule has 2 unspecified atom stereocenters. The molecule has 0 aliphatic carbocycles. The Morgan fingerprint density at radius 2 is 2.15 bits per heavy atom. The quantitative estimate of drug-likeness (QED) is 0.542. The highest BCUT2D eigenvalue weighted by molar-refractivity contribution is 5.82. The van der Waals surface area contributed by atoms with E-state index < -0.39 is 24.3 Å². The normalized spacial score (nSPS) is 27.2. The molecule has 1 amide bonds. The van der Waals surface area contributed by atoms with E-state index in [4.69, 9.17) is 15.6 Å². The van der Waals surface area contributed by atoms with E-state index in [1.54, 1.807) is 0 Å². The van der Waals surface area contributed by atoms with E-state index in [2.05, 4.69) is 5.32 Å². The van der Waals surface area contributed by atoms with Gasteiger partial charge in [-0.25, -0.2) is 0 Å². The van der Waals surface area contributed by atoms with Crippen LogP contribution in [-0.4, -0.2) is 53.6 Å². The van der Waals surface area contributed by atoms with Crippen LogP contribution in [0.1, 0.15) is 5.56 Å². The lowest BCUT2D eigenvalue weighted by Gasteiger charge is -2.22. The van der Waals surface area contributed by atoms with Gasteiger partial charge in [0.15, 0.2) is 0 Å². The standard InChI is InChI=1S/C14H20N2O4/c15-10(6-9-4-2-1-3-5-9)14(19)16-13-11(18)8-20-12(13)7-17/h1-5,10-13,17-18H,6-8,15H2,(H,16,19)/t10?,11?,12-,13-/m1/s1. The highest BCUT2D eigenvalue weighted by Gasteiger charge is 2.37. The van der Waals surface area contributed by atoms with Crippen LogP contribution in [-0.2, 0) is 16.0 Å². The predicted octanol–water partition coefficient (Wildman–Crippen LogP) is -1.21. The SMILES string of the molecule is NC(Cc1ccccc1)C(=O)N[C@@H]1C(O)CO[C@@H]1CO. The van der Waals surface area contributed by atoms with Gasteiger partial charge in [-0.05, 0) is 12.0 Å². The summed E-state index contributed by atoms with van der Waals surface area (Å²) in [5.41, 5.74) is 6.83. The van der Waals surface area contributed by atoms with E-state index in [1.165, 1.54) is 0 Å². The second-order valence-corrected chi connectivity index (χ2v) is 4.95. The monoisotopic (exact) mass is 280 g/mol. The number of carbonyl (C=O) groups is 1. The number of aliphatic hydroxyl groups is 2. The lowest BCUT2D eigenvalue weighted by Crippen LogP contribution is -2.53. The summed E-state index contributed by atoms with van der Waals surface area (Å²) in [5, 5.41) is 21.5. The molecule has 1 aliphatic heterocycles. The molecular formula is C14H20N2O4. The maximum atomic E-state index is 12.0. The predicted molar refractivity (Wildman–Crippen MR) is 72.9 cm³/mol. The van der Waals surface area contributed by atoms with E-state index in [-0.39, 0.29) is 19.1 Å². The van der Waals surface area contributed by atoms with Crippen molar-refractivity contribution in [1.82, 2.24) is 5.32 Å². The van der Waals surface area contributed by atoms with E-state index in [0.717, 1.165) is 5.56 Å². The van der Waals surface area contributed by atoms with Crippen molar-refractivity contribution in [2.24, 2.45) is 5.73 Å². The molecule has 2 rings (SSSR count). The van der Waals surface area contributed by atoms with Crippen molar-refractivity contribution < 1.29 is 19.7 Å². The van der Waals surface area contributed by atoms with Crippen molar-refractivity contribution in [1.29, 1.82) is 0 Å². The zero-order chi connectivity index (χ0) is 14.5. The van der Waals surface area contributed by atoms with Crippen LogP contribution in [0.15, 0.2) is 30.3 Å². The molecule has 1 fully saturated rings. The van der Waals surface area contributed by atoms with Gasteiger partial charge in [-0.2, -0.15) is 0 Å². The van der Waals surface area contributed by atoms with E-state index in [1.807, 2.05) is 30.3 Å². The van der Waals surface area contributed by atoms with E-state index in [9.17, 15) is 9.90 Å². The number of nitrogens with two attached hydrogens (primary N) is 1. The molecule has 20 heavy (non-hydrogen) atoms. The average molecular weight is 280 g/mol. The fourth-order valence-corrected chi connectivity index (χ4v) is 2.26. The molecular weight excluding hydrogens is 260 g/mol. The number of rotatable bonds is 5. The summed E-state index contributed by atoms with van der Waals surface area (Å²) >= 11 is 0. The zero-order valence-corrected chi connectivity index (χ0v) is 11.1. The van der Waals surface area contributed by atoms with Gasteiger partial charge < -0.3 is 26.0 Å². The largest absolute Gasteiger partial charge is 0.394 e. The van der Waals surface area contributed by atoms with Gasteiger partial charge in [0.05, 0.1) is 25.3 Å². The van der Waals surface area contributed by atoms with Gasteiger partial charge in [-0.15, -0.1) is 0 Å². The molecule has 1 aromatic carbocycles. The van der Waals surface area contributed by atoms with Gasteiger partial charge in [0.2, 0.25) is 5.91 Å². The van der Waals surface area contributed by atoms with Crippen LogP contribution >= 0.6 is 0 Å². The van der Waals surface area contributed by atoms with Crippen molar-refractivity contribution in [2.75, 3.05) is 13.2 Å². The van der Waals surface area contributed by atoms with Crippen LogP contribution in [0.5, 0.6) is 0 Å². The second kappa shape index (κ2) is 6.81. The summed E-state index contributed by atoms with van der Waals surface area (Å²) in [5.74, 6) is -0.359. The molecule has 0 bridgehead atoms. The number of amides is 1. The van der Waals surface area contributed by atoms with Crippen molar-refractivity contribution in [3.8, 4) is 0 Å². The molecule has 1 saturated heterocycles. The number of hydrogen-bond acceptors (Lipinski definition) is 5. The van der Waals surface area contributed by atoms with Crippen LogP contribution in [0.25, 0.3) is 0 Å². The number of carbonyl (C=O) groups excluding carboxylic acids is 1. The third-order valence-corrected chi connectivity index (χ3v) is 3.42. The third kappa shape index (κ3) is 3.55. The van der Waals surface area contributed by atoms with Gasteiger partial charge in [0, 0.05) is 0 Å². The minimum atomic E-state index is -0.819. The summed E-state index contributed by atoms with van der Waals surface area (Å²) < 4.78 is 5.17. The maximum absolute atomic E-state index is 12.0. The molecule has 1 aromatic rings. The minimum absolute atomic E-state index is 0.101. The first-order chi connectivity index (χ1) is 9.61. The van der Waals surface area contributed by atoms with Crippen LogP contribution < -0.4 is 11.1 Å².